The van der Waals surface area contributed by atoms with Crippen molar-refractivity contribution >= 4 is 39.7 Å². The molecule has 27 heavy (non-hydrogen) atoms. The smallest absolute Gasteiger partial charge is 0.408 e. The third-order valence-corrected chi connectivity index (χ3v) is 3.80. The molecule has 1 aromatic carbocycles. The Kier molecular flexibility index (Phi) is 8.98. The average Bonchev–Trinajstić information content (AvgIpc) is 2.61. The van der Waals surface area contributed by atoms with Crippen LogP contribution in [0.4, 0.5) is 4.79 Å². The summed E-state index contributed by atoms with van der Waals surface area (Å²) in [5.74, 6) is -2.50. The Morgan fingerprint density at radius 1 is 1.19 bits per heavy atom. The maximum absolute atomic E-state index is 11.9. The highest BCUT2D eigenvalue weighted by molar-refractivity contribution is 7.86. The quantitative estimate of drug-likeness (QED) is 0.301. The van der Waals surface area contributed by atoms with Gasteiger partial charge in [-0.25, -0.2) is 4.79 Å². The van der Waals surface area contributed by atoms with Crippen LogP contribution in [0, 0.1) is 0 Å². The van der Waals surface area contributed by atoms with E-state index in [9.17, 15) is 22.8 Å². The summed E-state index contributed by atoms with van der Waals surface area (Å²) in [4.78, 5) is 34.8. The number of carbonyl (C=O) groups excluding carboxylic acids is 3. The van der Waals surface area contributed by atoms with Crippen LogP contribution in [0.5, 0.6) is 0 Å². The number of carbonyl (C=O) groups is 3. The number of alkyl halides is 1. The number of alkyl carbamates (subject to hydrolysis) is 1. The molecule has 0 radical (unpaired) electrons. The summed E-state index contributed by atoms with van der Waals surface area (Å²) in [5.41, 5.74) is 5.88. The van der Waals surface area contributed by atoms with Crippen molar-refractivity contribution in [3.05, 3.63) is 35.9 Å². The van der Waals surface area contributed by atoms with E-state index in [0.717, 1.165) is 6.26 Å². The fourth-order valence-corrected chi connectivity index (χ4v) is 2.55. The zero-order valence-corrected chi connectivity index (χ0v) is 15.9. The van der Waals surface area contributed by atoms with Gasteiger partial charge in [0.25, 0.3) is 10.1 Å². The van der Waals surface area contributed by atoms with Crippen molar-refractivity contribution in [2.75, 3.05) is 18.7 Å². The Morgan fingerprint density at radius 2 is 1.81 bits per heavy atom. The van der Waals surface area contributed by atoms with Gasteiger partial charge in [-0.2, -0.15) is 8.42 Å². The molecule has 10 nitrogen and oxygen atoms in total. The third kappa shape index (κ3) is 9.22. The van der Waals surface area contributed by atoms with Crippen molar-refractivity contribution in [1.29, 1.82) is 0 Å². The lowest BCUT2D eigenvalue weighted by Crippen LogP contribution is -2.54. The monoisotopic (exact) mass is 422 g/mol. The molecule has 0 fully saturated rings. The van der Waals surface area contributed by atoms with Crippen molar-refractivity contribution < 1.29 is 36.5 Å². The molecule has 0 saturated carbocycles. The van der Waals surface area contributed by atoms with E-state index in [-0.39, 0.29) is 6.61 Å². The highest BCUT2D eigenvalue weighted by atomic mass is 35.5. The molecule has 1 rings (SSSR count). The minimum absolute atomic E-state index is 0.100. The number of amides is 2. The molecule has 0 aliphatic carbocycles. The summed E-state index contributed by atoms with van der Waals surface area (Å²) in [5, 5.41) is 2.10. The van der Waals surface area contributed by atoms with Crippen molar-refractivity contribution in [3.63, 3.8) is 0 Å². The molecular weight excluding hydrogens is 404 g/mol. The number of halogens is 1. The van der Waals surface area contributed by atoms with Crippen LogP contribution in [-0.4, -0.2) is 57.3 Å². The number of nitrogens with two attached hydrogens (primary N) is 1. The molecule has 1 unspecified atom stereocenters. The van der Waals surface area contributed by atoms with Crippen LogP contribution < -0.4 is 11.1 Å². The van der Waals surface area contributed by atoms with E-state index in [4.69, 9.17) is 26.3 Å². The van der Waals surface area contributed by atoms with E-state index >= 15 is 0 Å². The van der Waals surface area contributed by atoms with E-state index in [1.165, 1.54) is 0 Å². The molecule has 3 N–H and O–H groups in total. The molecule has 2 atom stereocenters. The number of hydrogen-bond acceptors (Lipinski definition) is 8. The zero-order chi connectivity index (χ0) is 20.4. The molecule has 0 saturated heterocycles. The van der Waals surface area contributed by atoms with Gasteiger partial charge < -0.3 is 20.5 Å². The van der Waals surface area contributed by atoms with Gasteiger partial charge in [-0.3, -0.25) is 13.8 Å². The average molecular weight is 423 g/mol. The summed E-state index contributed by atoms with van der Waals surface area (Å²) >= 11 is 5.28. The Balaban J connectivity index is 2.80. The van der Waals surface area contributed by atoms with E-state index in [1.54, 1.807) is 30.3 Å². The van der Waals surface area contributed by atoms with Crippen LogP contribution in [0.2, 0.25) is 0 Å². The van der Waals surface area contributed by atoms with E-state index in [1.807, 2.05) is 0 Å². The number of hydrogen-bond donors (Lipinski definition) is 2. The summed E-state index contributed by atoms with van der Waals surface area (Å²) in [6, 6.07) is 7.03. The zero-order valence-electron chi connectivity index (χ0n) is 14.3. The molecule has 0 aliphatic rings. The molecule has 12 heteroatoms. The van der Waals surface area contributed by atoms with Gasteiger partial charge in [-0.1, -0.05) is 30.3 Å². The molecule has 2 amide bonds. The number of nitrogens with one attached hydrogen (secondary N) is 1. The predicted molar refractivity (Wildman–Crippen MR) is 94.1 cm³/mol. The van der Waals surface area contributed by atoms with E-state index in [0.29, 0.717) is 5.56 Å². The Hall–Kier alpha value is -2.37. The number of primary amides is 1. The van der Waals surface area contributed by atoms with Gasteiger partial charge in [-0.15, -0.1) is 11.6 Å². The number of benzene rings is 1. The Labute approximate surface area is 161 Å². The first-order chi connectivity index (χ1) is 12.6. The largest absolute Gasteiger partial charge is 0.462 e. The van der Waals surface area contributed by atoms with Gasteiger partial charge in [-0.05, 0) is 5.56 Å². The van der Waals surface area contributed by atoms with Gasteiger partial charge in [0.2, 0.25) is 5.91 Å². The number of rotatable bonds is 10. The minimum atomic E-state index is -4.07. The summed E-state index contributed by atoms with van der Waals surface area (Å²) in [7, 11) is -4.07. The van der Waals surface area contributed by atoms with Crippen LogP contribution in [0.3, 0.4) is 0 Å². The predicted octanol–water partition coefficient (Wildman–Crippen LogP) is -0.107. The first-order valence-corrected chi connectivity index (χ1v) is 9.84. The molecule has 0 aromatic heterocycles. The van der Waals surface area contributed by atoms with E-state index in [2.05, 4.69) is 10.1 Å². The van der Waals surface area contributed by atoms with Gasteiger partial charge in [0, 0.05) is 0 Å². The number of ether oxygens (including phenoxy) is 2. The van der Waals surface area contributed by atoms with Gasteiger partial charge in [0.15, 0.2) is 0 Å². The minimum Gasteiger partial charge on any atom is -0.462 e. The highest BCUT2D eigenvalue weighted by Gasteiger charge is 2.33. The molecule has 0 spiro atoms. The van der Waals surface area contributed by atoms with Crippen molar-refractivity contribution in [2.45, 2.75) is 18.8 Å². The normalized spacial score (nSPS) is 13.3. The Bertz CT molecular complexity index is 756. The lowest BCUT2D eigenvalue weighted by atomic mass is 10.1. The first kappa shape index (κ1) is 22.7. The van der Waals surface area contributed by atoms with Crippen LogP contribution >= 0.6 is 11.6 Å². The summed E-state index contributed by atoms with van der Waals surface area (Å²) in [6.45, 7) is -0.789. The molecule has 0 bridgehead atoms. The molecule has 150 valence electrons. The fourth-order valence-electron chi connectivity index (χ4n) is 1.86. The van der Waals surface area contributed by atoms with Crippen molar-refractivity contribution in [3.8, 4) is 0 Å². The second-order valence-corrected chi connectivity index (χ2v) is 7.11. The van der Waals surface area contributed by atoms with Gasteiger partial charge >= 0.3 is 12.1 Å². The Morgan fingerprint density at radius 3 is 2.33 bits per heavy atom. The standard InChI is InChI=1S/C15H19ClN2O8S/c1-27(22,23)26-11(9-24-12(19)7-16)13(14(17)20)18-15(21)25-8-10-5-3-2-4-6-10/h2-6,11,13H,7-9H2,1H3,(H2,17,20)(H,18,21)/t11?,13-/m0/s1. The van der Waals surface area contributed by atoms with Gasteiger partial charge in [0.05, 0.1) is 6.26 Å². The van der Waals surface area contributed by atoms with E-state index < -0.39 is 52.7 Å². The summed E-state index contributed by atoms with van der Waals surface area (Å²) < 4.78 is 37.1. The highest BCUT2D eigenvalue weighted by Crippen LogP contribution is 2.07. The lowest BCUT2D eigenvalue weighted by Gasteiger charge is -2.24. The third-order valence-electron chi connectivity index (χ3n) is 2.98. The number of esters is 1. The maximum Gasteiger partial charge on any atom is 0.408 e. The van der Waals surface area contributed by atoms with Crippen molar-refractivity contribution in [1.82, 2.24) is 5.32 Å². The second-order valence-electron chi connectivity index (χ2n) is 5.24. The van der Waals surface area contributed by atoms with Crippen LogP contribution in [0.1, 0.15) is 5.56 Å². The van der Waals surface area contributed by atoms with Crippen LogP contribution in [0.25, 0.3) is 0 Å². The van der Waals surface area contributed by atoms with Crippen LogP contribution in [0.15, 0.2) is 30.3 Å². The van der Waals surface area contributed by atoms with Crippen molar-refractivity contribution in [2.24, 2.45) is 5.73 Å². The first-order valence-electron chi connectivity index (χ1n) is 7.48. The molecule has 0 aliphatic heterocycles. The fraction of sp³-hybridized carbons (Fsp3) is 0.400. The molecule has 1 aromatic rings. The maximum atomic E-state index is 11.9. The second kappa shape index (κ2) is 10.7. The topological polar surface area (TPSA) is 151 Å². The van der Waals surface area contributed by atoms with Crippen LogP contribution in [-0.2, 0) is 40.0 Å². The lowest BCUT2D eigenvalue weighted by molar-refractivity contribution is -0.144. The molecule has 0 heterocycles. The molecular formula is C15H19ClN2O8S. The SMILES string of the molecule is CS(=O)(=O)OC(COC(=O)CCl)[C@H](NC(=O)OCc1ccccc1)C(N)=O. The van der Waals surface area contributed by atoms with Gasteiger partial charge in [0.1, 0.15) is 31.2 Å². The summed E-state index contributed by atoms with van der Waals surface area (Å²) in [6.07, 6.45) is -1.93.